The van der Waals surface area contributed by atoms with Crippen molar-refractivity contribution >= 4 is 66.5 Å². The standard InChI is InChI=1S/C37H40FN3O5S.C33H32FN3O4.C21H28FN3O3S.C15H13NO3.2H2S/c1-35(2,3)47(44)41-36(4)22-45-34-29(36)20-32(40-33(34)23-8-11-26(38)12-9-23)37(5,43)17-16-30(42)24-10-15-31(46-27-13-14-27)28(19-24)25-7-6-18-39-21-25;1-32(35)19-40-31-26(32)17-29(37-30(31)20-5-8-23(34)9-6-20)33(2,39)14-13-27(38)21-7-12-28(41-24-10-11-24)25(16-21)22-4-3-15-36-18-22;1-19(2,3)29(27)25-20(4)12-28-18-15(20)10-16(21(5,26)11-23)24-17(18)13-6-8-14(22)9-7-13;17-15(18)10-3-6-14(19-12-4-5-12)13(8-10)11-2-1-7-16-9-11;;/h6-12,15,18-21,27,41,43H,13-14,16-17,22H2,1-5H3;3-9,12,15-18,24,39H,10-11,13-14,19,35H2,1-2H3;6-10,25-26H,11-12,23H2,1-5H3;1-3,6-9,12H,4-5H2,(H,17,18);2*1H2/t36-,37-,47?;32-,33-;20-,21-,29?;;;/m000.../s1. The molecule has 0 bridgehead atoms. The first kappa shape index (κ1) is 104. The number of nitrogens with one attached hydrogen (secondary N) is 2. The lowest BCUT2D eigenvalue weighted by molar-refractivity contribution is 0.0395. The largest absolute Gasteiger partial charge is 0.490 e. The van der Waals surface area contributed by atoms with E-state index in [1.165, 1.54) is 36.4 Å². The average molecular weight is 1960 g/mol. The van der Waals surface area contributed by atoms with Crippen LogP contribution in [0.15, 0.2) is 219 Å². The highest BCUT2D eigenvalue weighted by atomic mass is 32.2. The number of ether oxygens (including phenoxy) is 6. The maximum absolute atomic E-state index is 13.9. The highest BCUT2D eigenvalue weighted by Gasteiger charge is 2.47. The summed E-state index contributed by atoms with van der Waals surface area (Å²) >= 11 is 0. The van der Waals surface area contributed by atoms with Crippen molar-refractivity contribution in [2.24, 2.45) is 11.5 Å². The number of fused-ring (bicyclic) bond motifs is 3. The van der Waals surface area contributed by atoms with Crippen LogP contribution in [-0.4, -0.2) is 130 Å². The molecule has 25 nitrogen and oxygen atoms in total. The molecule has 10 N–H and O–H groups in total. The van der Waals surface area contributed by atoms with Crippen LogP contribution in [0.5, 0.6) is 34.5 Å². The number of hydrogen-bond donors (Lipinski definition) is 8. The number of pyridine rings is 6. The SMILES string of the molecule is CC(C)(C)S(=O)N[C@@]1(C)COc2c1cc([C@@](C)(O)CCC(=O)c1ccc(OC3CC3)c(-c3cccnc3)c1)nc2-c1ccc(F)cc1.CC(C)(C)S(=O)N[C@@]1(C)COc2c1cc([C@@](C)(O)CN)nc2-c1ccc(F)cc1.C[C@]1(N)COc2c1cc([C@@](C)(O)CCC(=O)c1ccc(OC3CC3)c(-c3cccnc3)c1)nc2-c1ccc(F)cc1.O=C(O)c1ccc(OC2CC2)c(-c2cccnc2)c1.S.S. The molecular formula is C106H117F3N10O15S4. The molecule has 6 aromatic heterocycles. The fourth-order valence-corrected chi connectivity index (χ4v) is 17.1. The van der Waals surface area contributed by atoms with Gasteiger partial charge in [-0.25, -0.2) is 50.8 Å². The molecular weight excluding hydrogens is 1840 g/mol. The second-order valence-electron chi connectivity index (χ2n) is 38.6. The highest BCUT2D eigenvalue weighted by molar-refractivity contribution is 7.84. The number of benzene rings is 6. The van der Waals surface area contributed by atoms with Crippen molar-refractivity contribution in [3.8, 4) is 102 Å². The Morgan fingerprint density at radius 3 is 1.04 bits per heavy atom. The van der Waals surface area contributed by atoms with Crippen LogP contribution < -0.4 is 49.3 Å². The number of carboxylic acids is 1. The maximum atomic E-state index is 13.9. The summed E-state index contributed by atoms with van der Waals surface area (Å²) in [6.07, 6.45) is 17.5. The molecule has 6 aromatic carbocycles. The molecule has 18 rings (SSSR count). The number of aliphatic hydroxyl groups is 3. The summed E-state index contributed by atoms with van der Waals surface area (Å²) < 4.78 is 108. The molecule has 138 heavy (non-hydrogen) atoms. The predicted octanol–water partition coefficient (Wildman–Crippen LogP) is 18.9. The second-order valence-corrected chi connectivity index (χ2v) is 42.6. The van der Waals surface area contributed by atoms with Crippen LogP contribution >= 0.6 is 27.0 Å². The summed E-state index contributed by atoms with van der Waals surface area (Å²) in [6.45, 7) is 22.5. The zero-order chi connectivity index (χ0) is 97.2. The number of aromatic carboxylic acids is 1. The predicted molar refractivity (Wildman–Crippen MR) is 536 cm³/mol. The van der Waals surface area contributed by atoms with Gasteiger partial charge in [0.25, 0.3) is 0 Å². The van der Waals surface area contributed by atoms with Gasteiger partial charge in [-0.2, -0.15) is 27.0 Å². The Morgan fingerprint density at radius 1 is 0.435 bits per heavy atom. The molecule has 3 aliphatic carbocycles. The minimum absolute atomic E-state index is 0. The normalized spacial score (nSPS) is 18.9. The Kier molecular flexibility index (Phi) is 31.7. The smallest absolute Gasteiger partial charge is 0.335 e. The van der Waals surface area contributed by atoms with Crippen LogP contribution in [-0.2, 0) is 55.4 Å². The monoisotopic (exact) mass is 1950 g/mol. The molecule has 3 fully saturated rings. The molecule has 8 atom stereocenters. The van der Waals surface area contributed by atoms with Crippen molar-refractivity contribution in [2.75, 3.05) is 26.4 Å². The Morgan fingerprint density at radius 2 is 0.739 bits per heavy atom. The van der Waals surface area contributed by atoms with Crippen molar-refractivity contribution in [1.29, 1.82) is 0 Å². The number of nitrogens with zero attached hydrogens (tertiary/aromatic N) is 6. The van der Waals surface area contributed by atoms with E-state index in [-0.39, 0.29) is 132 Å². The van der Waals surface area contributed by atoms with E-state index in [1.54, 1.807) is 143 Å². The van der Waals surface area contributed by atoms with Crippen molar-refractivity contribution in [1.82, 2.24) is 39.3 Å². The number of hydrogen-bond acceptors (Lipinski definition) is 22. The summed E-state index contributed by atoms with van der Waals surface area (Å²) in [5, 5.41) is 43.3. The molecule has 3 saturated carbocycles. The summed E-state index contributed by atoms with van der Waals surface area (Å²) in [5.74, 6) is 1.38. The summed E-state index contributed by atoms with van der Waals surface area (Å²) in [5.41, 5.74) is 18.3. The van der Waals surface area contributed by atoms with Crippen LogP contribution in [0.4, 0.5) is 13.2 Å². The zero-order valence-corrected chi connectivity index (χ0v) is 82.6. The van der Waals surface area contributed by atoms with E-state index in [0.29, 0.717) is 96.1 Å². The minimum Gasteiger partial charge on any atom is -0.490 e. The lowest BCUT2D eigenvalue weighted by Crippen LogP contribution is -2.47. The van der Waals surface area contributed by atoms with E-state index >= 15 is 0 Å². The van der Waals surface area contributed by atoms with E-state index < -0.39 is 70.9 Å². The third-order valence-corrected chi connectivity index (χ3v) is 27.8. The average Bonchev–Trinajstić information content (AvgIpc) is 1.59. The van der Waals surface area contributed by atoms with Crippen LogP contribution in [0.1, 0.15) is 212 Å². The van der Waals surface area contributed by atoms with Crippen molar-refractivity contribution in [3.63, 3.8) is 0 Å². The van der Waals surface area contributed by atoms with Gasteiger partial charge in [0.1, 0.15) is 88.4 Å². The first-order valence-corrected chi connectivity index (χ1v) is 47.6. The number of Topliss-reactive ketones (excluding diaryl/α,β-unsaturated/α-hetero) is 2. The second kappa shape index (κ2) is 42.2. The third-order valence-electron chi connectivity index (χ3n) is 24.3. The van der Waals surface area contributed by atoms with Gasteiger partial charge in [0.05, 0.1) is 89.0 Å². The van der Waals surface area contributed by atoms with Gasteiger partial charge in [-0.15, -0.1) is 0 Å². The van der Waals surface area contributed by atoms with Crippen LogP contribution in [0.3, 0.4) is 0 Å². The fourth-order valence-electron chi connectivity index (χ4n) is 15.4. The van der Waals surface area contributed by atoms with Crippen LogP contribution in [0.25, 0.3) is 67.2 Å². The van der Waals surface area contributed by atoms with Gasteiger partial charge in [-0.05, 0) is 298 Å². The molecule has 32 heteroatoms. The van der Waals surface area contributed by atoms with Gasteiger partial charge in [0, 0.05) is 134 Å². The Bertz CT molecular complexity index is 6470. The fraction of sp³-hybridized carbons (Fsp3) is 0.349. The number of carbonyl (C=O) groups excluding carboxylic acids is 2. The van der Waals surface area contributed by atoms with Gasteiger partial charge in [-0.1, -0.05) is 18.2 Å². The number of halogens is 3. The molecule has 726 valence electrons. The highest BCUT2D eigenvalue weighted by Crippen LogP contribution is 2.50. The molecule has 2 unspecified atom stereocenters. The number of aromatic nitrogens is 6. The quantitative estimate of drug-likeness (QED) is 0.0202. The lowest BCUT2D eigenvalue weighted by atomic mass is 9.87. The first-order chi connectivity index (χ1) is 64.4. The van der Waals surface area contributed by atoms with E-state index in [0.717, 1.165) is 89.0 Å². The van der Waals surface area contributed by atoms with E-state index in [4.69, 9.17) is 55.0 Å². The molecule has 6 aliphatic rings. The van der Waals surface area contributed by atoms with E-state index in [9.17, 15) is 51.3 Å². The Hall–Kier alpha value is -11.7. The number of rotatable bonds is 29. The molecule has 0 spiro atoms. The van der Waals surface area contributed by atoms with Gasteiger partial charge >= 0.3 is 5.97 Å². The van der Waals surface area contributed by atoms with Gasteiger partial charge in [0.15, 0.2) is 28.8 Å². The number of ketones is 2. The number of nitrogens with two attached hydrogens (primary N) is 2. The summed E-state index contributed by atoms with van der Waals surface area (Å²) in [6, 6.07) is 50.1. The molecule has 0 radical (unpaired) electrons. The van der Waals surface area contributed by atoms with Gasteiger partial charge in [0.2, 0.25) is 0 Å². The zero-order valence-electron chi connectivity index (χ0n) is 79.0. The Balaban J connectivity index is 0.000000161. The van der Waals surface area contributed by atoms with Crippen molar-refractivity contribution < 1.29 is 84.8 Å². The first-order valence-electron chi connectivity index (χ1n) is 45.3. The van der Waals surface area contributed by atoms with Gasteiger partial charge < -0.3 is 60.3 Å². The maximum Gasteiger partial charge on any atom is 0.335 e. The molecule has 3 aliphatic heterocycles. The van der Waals surface area contributed by atoms with E-state index in [2.05, 4.69) is 29.4 Å². The van der Waals surface area contributed by atoms with Crippen molar-refractivity contribution in [3.05, 3.63) is 287 Å². The van der Waals surface area contributed by atoms with Crippen LogP contribution in [0.2, 0.25) is 0 Å². The lowest BCUT2D eigenvalue weighted by Gasteiger charge is -2.30. The topological polar surface area (TPSA) is 375 Å². The molecule has 0 saturated heterocycles. The molecule has 9 heterocycles. The molecule has 0 amide bonds. The van der Waals surface area contributed by atoms with E-state index in [1.807, 2.05) is 123 Å². The summed E-state index contributed by atoms with van der Waals surface area (Å²) in [7, 11) is -2.77. The van der Waals surface area contributed by atoms with Crippen LogP contribution in [0, 0.1) is 17.5 Å². The minimum atomic E-state index is -1.52. The third kappa shape index (κ3) is 24.6. The Labute approximate surface area is 820 Å². The molecule has 12 aromatic rings. The number of carbonyl (C=O) groups is 3. The van der Waals surface area contributed by atoms with Gasteiger partial charge in [-0.3, -0.25) is 24.5 Å². The van der Waals surface area contributed by atoms with Crippen molar-refractivity contribution in [2.45, 2.75) is 209 Å². The summed E-state index contributed by atoms with van der Waals surface area (Å²) in [4.78, 5) is 64.8. The number of carboxylic acid groups (broad SMARTS) is 1.